The molecule has 1 fully saturated rings. The molecule has 0 saturated heterocycles. The molecular formula is C16H19NO. The molecule has 0 spiro atoms. The first-order valence-corrected chi connectivity index (χ1v) is 6.72. The minimum absolute atomic E-state index is 0.339. The molecule has 1 saturated carbocycles. The molecule has 0 heterocycles. The van der Waals surface area contributed by atoms with Gasteiger partial charge in [0.05, 0.1) is 6.10 Å². The number of benzene rings is 2. The van der Waals surface area contributed by atoms with Crippen LogP contribution in [-0.4, -0.2) is 12.1 Å². The largest absolute Gasteiger partial charge is 0.490 e. The van der Waals surface area contributed by atoms with Crippen LogP contribution >= 0.6 is 0 Å². The molecule has 1 aliphatic carbocycles. The quantitative estimate of drug-likeness (QED) is 0.873. The van der Waals surface area contributed by atoms with Crippen LogP contribution in [0.25, 0.3) is 10.8 Å². The van der Waals surface area contributed by atoms with Crippen LogP contribution in [0.5, 0.6) is 5.75 Å². The molecule has 2 N–H and O–H groups in total. The highest BCUT2D eigenvalue weighted by molar-refractivity contribution is 5.83. The molecule has 0 unspecified atom stereocenters. The van der Waals surface area contributed by atoms with E-state index < -0.39 is 0 Å². The summed E-state index contributed by atoms with van der Waals surface area (Å²) in [5, 5.41) is 2.50. The summed E-state index contributed by atoms with van der Waals surface area (Å²) in [7, 11) is 0. The zero-order valence-corrected chi connectivity index (χ0v) is 10.5. The van der Waals surface area contributed by atoms with Gasteiger partial charge in [0, 0.05) is 6.04 Å². The summed E-state index contributed by atoms with van der Waals surface area (Å²) in [6, 6.07) is 15.1. The van der Waals surface area contributed by atoms with Crippen molar-refractivity contribution in [3.05, 3.63) is 42.5 Å². The fourth-order valence-corrected chi connectivity index (χ4v) is 2.64. The van der Waals surface area contributed by atoms with Crippen LogP contribution in [0.2, 0.25) is 0 Å². The van der Waals surface area contributed by atoms with Crippen LogP contribution in [0.15, 0.2) is 42.5 Å². The molecular weight excluding hydrogens is 222 g/mol. The van der Waals surface area contributed by atoms with E-state index in [-0.39, 0.29) is 0 Å². The average Bonchev–Trinajstić information content (AvgIpc) is 2.41. The van der Waals surface area contributed by atoms with Crippen molar-refractivity contribution in [2.45, 2.75) is 37.8 Å². The van der Waals surface area contributed by atoms with Crippen LogP contribution in [0, 0.1) is 0 Å². The molecule has 2 heteroatoms. The van der Waals surface area contributed by atoms with E-state index in [0.717, 1.165) is 31.4 Å². The molecule has 2 nitrogen and oxygen atoms in total. The molecule has 0 bridgehead atoms. The molecule has 0 aromatic heterocycles. The zero-order valence-electron chi connectivity index (χ0n) is 10.5. The van der Waals surface area contributed by atoms with Gasteiger partial charge in [-0.05, 0) is 48.6 Å². The van der Waals surface area contributed by atoms with E-state index >= 15 is 0 Å². The Morgan fingerprint density at radius 1 is 0.889 bits per heavy atom. The highest BCUT2D eigenvalue weighted by Crippen LogP contribution is 2.25. The maximum Gasteiger partial charge on any atom is 0.120 e. The van der Waals surface area contributed by atoms with E-state index in [1.165, 1.54) is 10.8 Å². The smallest absolute Gasteiger partial charge is 0.120 e. The Hall–Kier alpha value is -1.54. The fourth-order valence-electron chi connectivity index (χ4n) is 2.64. The van der Waals surface area contributed by atoms with Crippen molar-refractivity contribution < 1.29 is 4.74 Å². The molecule has 2 aromatic rings. The lowest BCUT2D eigenvalue weighted by molar-refractivity contribution is 0.147. The van der Waals surface area contributed by atoms with Gasteiger partial charge < -0.3 is 10.5 Å². The van der Waals surface area contributed by atoms with Gasteiger partial charge in [0.2, 0.25) is 0 Å². The van der Waals surface area contributed by atoms with Crippen LogP contribution in [-0.2, 0) is 0 Å². The van der Waals surface area contributed by atoms with Crippen molar-refractivity contribution in [2.75, 3.05) is 0 Å². The molecule has 94 valence electrons. The SMILES string of the molecule is NC1CCC(Oc2ccc3ccccc3c2)CC1. The molecule has 2 aromatic carbocycles. The molecule has 3 rings (SSSR count). The summed E-state index contributed by atoms with van der Waals surface area (Å²) in [5.41, 5.74) is 5.91. The van der Waals surface area contributed by atoms with Crippen LogP contribution in [0.4, 0.5) is 0 Å². The summed E-state index contributed by atoms with van der Waals surface area (Å²) in [5.74, 6) is 0.981. The number of fused-ring (bicyclic) bond motifs is 1. The third kappa shape index (κ3) is 2.49. The first kappa shape index (κ1) is 11.5. The second-order valence-corrected chi connectivity index (χ2v) is 5.16. The molecule has 0 atom stereocenters. The lowest BCUT2D eigenvalue weighted by Gasteiger charge is -2.26. The Morgan fingerprint density at radius 2 is 1.61 bits per heavy atom. The number of hydrogen-bond donors (Lipinski definition) is 1. The number of nitrogens with two attached hydrogens (primary N) is 1. The van der Waals surface area contributed by atoms with E-state index in [2.05, 4.69) is 42.5 Å². The molecule has 1 aliphatic rings. The van der Waals surface area contributed by atoms with E-state index in [9.17, 15) is 0 Å². The van der Waals surface area contributed by atoms with Gasteiger partial charge in [0.1, 0.15) is 5.75 Å². The lowest BCUT2D eigenvalue weighted by atomic mass is 9.94. The predicted molar refractivity (Wildman–Crippen MR) is 74.8 cm³/mol. The zero-order chi connectivity index (χ0) is 12.4. The highest BCUT2D eigenvalue weighted by atomic mass is 16.5. The molecule has 0 radical (unpaired) electrons. The standard InChI is InChI=1S/C16H19NO/c17-14-6-9-15(10-7-14)18-16-8-5-12-3-1-2-4-13(12)11-16/h1-5,8,11,14-15H,6-7,9-10,17H2. The molecule has 18 heavy (non-hydrogen) atoms. The van der Waals surface area contributed by atoms with Crippen molar-refractivity contribution >= 4 is 10.8 Å². The molecule has 0 amide bonds. The summed E-state index contributed by atoms with van der Waals surface area (Å²) < 4.78 is 6.06. The molecule has 0 aliphatic heterocycles. The van der Waals surface area contributed by atoms with Crippen molar-refractivity contribution in [1.29, 1.82) is 0 Å². The van der Waals surface area contributed by atoms with Gasteiger partial charge in [-0.1, -0.05) is 30.3 Å². The van der Waals surface area contributed by atoms with Crippen LogP contribution < -0.4 is 10.5 Å². The predicted octanol–water partition coefficient (Wildman–Crippen LogP) is 3.49. The third-order valence-corrected chi connectivity index (χ3v) is 3.74. The summed E-state index contributed by atoms with van der Waals surface area (Å²) in [4.78, 5) is 0. The fraction of sp³-hybridized carbons (Fsp3) is 0.375. The second-order valence-electron chi connectivity index (χ2n) is 5.16. The minimum Gasteiger partial charge on any atom is -0.490 e. The maximum atomic E-state index is 6.06. The summed E-state index contributed by atoms with van der Waals surface area (Å²) in [6.07, 6.45) is 4.66. The second kappa shape index (κ2) is 4.99. The first-order valence-electron chi connectivity index (χ1n) is 6.72. The van der Waals surface area contributed by atoms with Crippen molar-refractivity contribution in [2.24, 2.45) is 5.73 Å². The van der Waals surface area contributed by atoms with E-state index in [1.54, 1.807) is 0 Å². The minimum atomic E-state index is 0.339. The Bertz CT molecular complexity index is 529. The Labute approximate surface area is 108 Å². The number of rotatable bonds is 2. The number of ether oxygens (including phenoxy) is 1. The first-order chi connectivity index (χ1) is 8.81. The van der Waals surface area contributed by atoms with Gasteiger partial charge in [0.15, 0.2) is 0 Å². The Morgan fingerprint density at radius 3 is 2.39 bits per heavy atom. The lowest BCUT2D eigenvalue weighted by Crippen LogP contribution is -2.31. The van der Waals surface area contributed by atoms with Crippen LogP contribution in [0.3, 0.4) is 0 Å². The average molecular weight is 241 g/mol. The van der Waals surface area contributed by atoms with Crippen LogP contribution in [0.1, 0.15) is 25.7 Å². The van der Waals surface area contributed by atoms with Gasteiger partial charge >= 0.3 is 0 Å². The summed E-state index contributed by atoms with van der Waals surface area (Å²) in [6.45, 7) is 0. The Kier molecular flexibility index (Phi) is 3.20. The van der Waals surface area contributed by atoms with Gasteiger partial charge in [-0.15, -0.1) is 0 Å². The monoisotopic (exact) mass is 241 g/mol. The van der Waals surface area contributed by atoms with E-state index in [1.807, 2.05) is 0 Å². The summed E-state index contributed by atoms with van der Waals surface area (Å²) >= 11 is 0. The van der Waals surface area contributed by atoms with Gasteiger partial charge in [-0.2, -0.15) is 0 Å². The van der Waals surface area contributed by atoms with Crippen molar-refractivity contribution in [1.82, 2.24) is 0 Å². The topological polar surface area (TPSA) is 35.2 Å². The van der Waals surface area contributed by atoms with E-state index in [0.29, 0.717) is 12.1 Å². The number of hydrogen-bond acceptors (Lipinski definition) is 2. The normalized spacial score (nSPS) is 24.1. The maximum absolute atomic E-state index is 6.06. The highest BCUT2D eigenvalue weighted by Gasteiger charge is 2.19. The van der Waals surface area contributed by atoms with E-state index in [4.69, 9.17) is 10.5 Å². The Balaban J connectivity index is 1.74. The van der Waals surface area contributed by atoms with Gasteiger partial charge in [-0.3, -0.25) is 0 Å². The van der Waals surface area contributed by atoms with Gasteiger partial charge in [0.25, 0.3) is 0 Å². The van der Waals surface area contributed by atoms with Gasteiger partial charge in [-0.25, -0.2) is 0 Å². The third-order valence-electron chi connectivity index (χ3n) is 3.74. The van der Waals surface area contributed by atoms with Crippen molar-refractivity contribution in [3.63, 3.8) is 0 Å². The van der Waals surface area contributed by atoms with Crippen molar-refractivity contribution in [3.8, 4) is 5.75 Å².